The molecule has 1 heterocycles. The normalized spacial score (nSPS) is 10.4. The van der Waals surface area contributed by atoms with E-state index >= 15 is 0 Å². The molecule has 0 aliphatic carbocycles. The second kappa shape index (κ2) is 6.15. The molecule has 1 aromatic heterocycles. The Morgan fingerprint density at radius 1 is 1.28 bits per heavy atom. The summed E-state index contributed by atoms with van der Waals surface area (Å²) in [7, 11) is 1.93. The molecule has 4 heteroatoms. The van der Waals surface area contributed by atoms with E-state index < -0.39 is 0 Å². The van der Waals surface area contributed by atoms with Crippen molar-refractivity contribution < 1.29 is 4.74 Å². The Bertz CT molecular complexity index is 543. The highest BCUT2D eigenvalue weighted by Gasteiger charge is 2.03. The van der Waals surface area contributed by atoms with Crippen molar-refractivity contribution in [1.29, 1.82) is 0 Å². The molecule has 2 rings (SSSR count). The van der Waals surface area contributed by atoms with Crippen molar-refractivity contribution in [3.05, 3.63) is 51.2 Å². The summed E-state index contributed by atoms with van der Waals surface area (Å²) in [6.07, 6.45) is 0. The minimum atomic E-state index is 0.634. The molecule has 0 radical (unpaired) electrons. The molecule has 3 nitrogen and oxygen atoms in total. The predicted molar refractivity (Wildman–Crippen MR) is 81.0 cm³/mol. The molecule has 1 N–H and O–H groups in total. The van der Waals surface area contributed by atoms with E-state index in [0.29, 0.717) is 5.88 Å². The van der Waals surface area contributed by atoms with Gasteiger partial charge >= 0.3 is 0 Å². The Balaban J connectivity index is 2.17. The Morgan fingerprint density at radius 2 is 2.11 bits per heavy atom. The van der Waals surface area contributed by atoms with E-state index in [9.17, 15) is 0 Å². The monoisotopic (exact) mass is 354 g/mol. The van der Waals surface area contributed by atoms with Crippen LogP contribution in [0.3, 0.4) is 0 Å². The number of nitrogens with zero attached hydrogens (tertiary/aromatic N) is 1. The van der Waals surface area contributed by atoms with Crippen LogP contribution in [0.4, 0.5) is 0 Å². The van der Waals surface area contributed by atoms with Gasteiger partial charge in [-0.05, 0) is 60.3 Å². The summed E-state index contributed by atoms with van der Waals surface area (Å²) in [6.45, 7) is 2.82. The molecule has 0 saturated heterocycles. The summed E-state index contributed by atoms with van der Waals surface area (Å²) >= 11 is 2.26. The van der Waals surface area contributed by atoms with Gasteiger partial charge in [-0.3, -0.25) is 0 Å². The maximum absolute atomic E-state index is 5.74. The highest BCUT2D eigenvalue weighted by atomic mass is 127. The van der Waals surface area contributed by atoms with Crippen molar-refractivity contribution in [3.8, 4) is 11.6 Å². The third-order valence-electron chi connectivity index (χ3n) is 2.56. The van der Waals surface area contributed by atoms with Gasteiger partial charge < -0.3 is 10.1 Å². The molecule has 0 atom stereocenters. The van der Waals surface area contributed by atoms with Gasteiger partial charge in [-0.25, -0.2) is 4.98 Å². The molecule has 0 spiro atoms. The molecule has 0 aliphatic rings. The summed E-state index contributed by atoms with van der Waals surface area (Å²) in [4.78, 5) is 4.45. The van der Waals surface area contributed by atoms with Crippen LogP contribution in [-0.2, 0) is 6.54 Å². The molecule has 0 bridgehead atoms. The molecule has 0 fully saturated rings. The van der Waals surface area contributed by atoms with Crippen molar-refractivity contribution in [1.82, 2.24) is 10.3 Å². The highest BCUT2D eigenvalue weighted by Crippen LogP contribution is 2.22. The Labute approximate surface area is 121 Å². The smallest absolute Gasteiger partial charge is 0.219 e. The van der Waals surface area contributed by atoms with Crippen molar-refractivity contribution in [2.24, 2.45) is 0 Å². The van der Waals surface area contributed by atoms with Gasteiger partial charge in [0.1, 0.15) is 5.75 Å². The van der Waals surface area contributed by atoms with Crippen LogP contribution in [0.5, 0.6) is 11.6 Å². The third kappa shape index (κ3) is 3.43. The van der Waals surface area contributed by atoms with Crippen LogP contribution in [0, 0.1) is 10.5 Å². The first-order chi connectivity index (χ1) is 8.69. The number of aryl methyl sites for hydroxylation is 1. The molecule has 18 heavy (non-hydrogen) atoms. The quantitative estimate of drug-likeness (QED) is 0.854. The summed E-state index contributed by atoms with van der Waals surface area (Å²) in [6, 6.07) is 11.9. The Hall–Kier alpha value is -1.14. The van der Waals surface area contributed by atoms with Crippen LogP contribution < -0.4 is 10.1 Å². The number of aromatic nitrogens is 1. The first-order valence-electron chi connectivity index (χ1n) is 5.73. The number of pyridine rings is 1. The van der Waals surface area contributed by atoms with Crippen LogP contribution in [0.2, 0.25) is 0 Å². The van der Waals surface area contributed by atoms with E-state index in [2.05, 4.69) is 32.9 Å². The molecule has 2 aromatic rings. The van der Waals surface area contributed by atoms with E-state index in [1.807, 2.05) is 50.4 Å². The van der Waals surface area contributed by atoms with E-state index in [1.54, 1.807) is 0 Å². The van der Waals surface area contributed by atoms with Gasteiger partial charge in [0.25, 0.3) is 0 Å². The number of ether oxygens (including phenoxy) is 1. The fraction of sp³-hybridized carbons (Fsp3) is 0.214. The van der Waals surface area contributed by atoms with Crippen LogP contribution in [0.1, 0.15) is 11.3 Å². The third-order valence-corrected chi connectivity index (χ3v) is 3.23. The predicted octanol–water partition coefficient (Wildman–Crippen LogP) is 3.51. The van der Waals surface area contributed by atoms with Crippen molar-refractivity contribution in [2.45, 2.75) is 13.5 Å². The zero-order valence-electron chi connectivity index (χ0n) is 10.4. The van der Waals surface area contributed by atoms with E-state index in [0.717, 1.165) is 21.6 Å². The average Bonchev–Trinajstić information content (AvgIpc) is 2.33. The number of nitrogens with one attached hydrogen (secondary N) is 1. The summed E-state index contributed by atoms with van der Waals surface area (Å²) < 4.78 is 6.88. The fourth-order valence-corrected chi connectivity index (χ4v) is 2.17. The first-order valence-corrected chi connectivity index (χ1v) is 6.81. The van der Waals surface area contributed by atoms with Crippen LogP contribution in [0.25, 0.3) is 0 Å². The topological polar surface area (TPSA) is 34.1 Å². The molecule has 0 amide bonds. The van der Waals surface area contributed by atoms with Crippen molar-refractivity contribution >= 4 is 22.6 Å². The van der Waals surface area contributed by atoms with E-state index in [-0.39, 0.29) is 0 Å². The standard InChI is InChI=1S/C14H15IN2O/c1-10-11(9-16-2)6-7-14(17-10)18-13-5-3-4-12(15)8-13/h3-8,16H,9H2,1-2H3. The van der Waals surface area contributed by atoms with E-state index in [4.69, 9.17) is 4.74 Å². The molecule has 0 aliphatic heterocycles. The minimum absolute atomic E-state index is 0.634. The second-order valence-corrected chi connectivity index (χ2v) is 5.23. The van der Waals surface area contributed by atoms with Gasteiger partial charge in [0.15, 0.2) is 0 Å². The van der Waals surface area contributed by atoms with Gasteiger partial charge in [0.05, 0.1) is 0 Å². The molecule has 0 saturated carbocycles. The Morgan fingerprint density at radius 3 is 2.78 bits per heavy atom. The van der Waals surface area contributed by atoms with Gasteiger partial charge in [0, 0.05) is 21.9 Å². The van der Waals surface area contributed by atoms with Crippen LogP contribution >= 0.6 is 22.6 Å². The number of rotatable bonds is 4. The summed E-state index contributed by atoms with van der Waals surface area (Å²) in [5.74, 6) is 1.45. The van der Waals surface area contributed by atoms with E-state index in [1.165, 1.54) is 5.56 Å². The van der Waals surface area contributed by atoms with Gasteiger partial charge in [-0.2, -0.15) is 0 Å². The maximum atomic E-state index is 5.74. The van der Waals surface area contributed by atoms with Crippen molar-refractivity contribution in [3.63, 3.8) is 0 Å². The van der Waals surface area contributed by atoms with Crippen LogP contribution in [0.15, 0.2) is 36.4 Å². The number of hydrogen-bond donors (Lipinski definition) is 1. The molecule has 1 aromatic carbocycles. The number of hydrogen-bond acceptors (Lipinski definition) is 3. The lowest BCUT2D eigenvalue weighted by Gasteiger charge is -2.08. The molecule has 94 valence electrons. The lowest BCUT2D eigenvalue weighted by molar-refractivity contribution is 0.460. The van der Waals surface area contributed by atoms with Gasteiger partial charge in [-0.1, -0.05) is 12.1 Å². The zero-order chi connectivity index (χ0) is 13.0. The SMILES string of the molecule is CNCc1ccc(Oc2cccc(I)c2)nc1C. The lowest BCUT2D eigenvalue weighted by Crippen LogP contribution is -2.07. The number of halogens is 1. The molecule has 0 unspecified atom stereocenters. The van der Waals surface area contributed by atoms with Crippen molar-refractivity contribution in [2.75, 3.05) is 7.05 Å². The lowest BCUT2D eigenvalue weighted by atomic mass is 10.2. The number of benzene rings is 1. The molecular formula is C14H15IN2O. The summed E-state index contributed by atoms with van der Waals surface area (Å²) in [5.41, 5.74) is 2.18. The van der Waals surface area contributed by atoms with Gasteiger partial charge in [0.2, 0.25) is 5.88 Å². The van der Waals surface area contributed by atoms with Crippen LogP contribution in [-0.4, -0.2) is 12.0 Å². The zero-order valence-corrected chi connectivity index (χ0v) is 12.6. The van der Waals surface area contributed by atoms with Gasteiger partial charge in [-0.15, -0.1) is 0 Å². The first kappa shape index (κ1) is 13.3. The maximum Gasteiger partial charge on any atom is 0.219 e. The minimum Gasteiger partial charge on any atom is -0.439 e. The Kier molecular flexibility index (Phi) is 4.54. The fourth-order valence-electron chi connectivity index (χ4n) is 1.65. The second-order valence-electron chi connectivity index (χ2n) is 3.98. The largest absolute Gasteiger partial charge is 0.439 e. The molecular weight excluding hydrogens is 339 g/mol. The highest BCUT2D eigenvalue weighted by molar-refractivity contribution is 14.1. The summed E-state index contributed by atoms with van der Waals surface area (Å²) in [5, 5.41) is 3.12. The average molecular weight is 354 g/mol.